The number of para-hydroxylation sites is 1. The maximum absolute atomic E-state index is 12.0. The second-order valence-corrected chi connectivity index (χ2v) is 9.48. The minimum absolute atomic E-state index is 0.00111. The van der Waals surface area contributed by atoms with Gasteiger partial charge >= 0.3 is 6.03 Å². The number of methoxy groups -OCH3 is 1. The van der Waals surface area contributed by atoms with E-state index in [0.29, 0.717) is 18.7 Å². The van der Waals surface area contributed by atoms with Crippen molar-refractivity contribution in [2.24, 2.45) is 0 Å². The van der Waals surface area contributed by atoms with Gasteiger partial charge in [0.2, 0.25) is 0 Å². The third-order valence-electron chi connectivity index (χ3n) is 5.86. The van der Waals surface area contributed by atoms with Gasteiger partial charge in [-0.05, 0) is 42.3 Å². The van der Waals surface area contributed by atoms with Crippen LogP contribution in [0.1, 0.15) is 42.4 Å². The number of nitrogens with one attached hydrogen (secondary N) is 2. The number of ether oxygens (including phenoxy) is 3. The minimum Gasteiger partial charge on any atom is -0.496 e. The largest absolute Gasteiger partial charge is 0.496 e. The molecule has 2 amide bonds. The molecule has 3 aromatic rings. The highest BCUT2D eigenvalue weighted by molar-refractivity contribution is 7.99. The molecule has 36 heavy (non-hydrogen) atoms. The number of anilines is 1. The Hall–Kier alpha value is -3.04. The molecule has 0 radical (unpaired) electrons. The van der Waals surface area contributed by atoms with Gasteiger partial charge in [0.15, 0.2) is 6.29 Å². The van der Waals surface area contributed by atoms with Crippen LogP contribution in [0.4, 0.5) is 10.5 Å². The van der Waals surface area contributed by atoms with Crippen LogP contribution in [0.2, 0.25) is 0 Å². The van der Waals surface area contributed by atoms with E-state index in [1.165, 1.54) is 0 Å². The summed E-state index contributed by atoms with van der Waals surface area (Å²) in [4.78, 5) is 13.1. The Labute approximate surface area is 216 Å². The van der Waals surface area contributed by atoms with Crippen molar-refractivity contribution < 1.29 is 24.1 Å². The van der Waals surface area contributed by atoms with Crippen molar-refractivity contribution >= 4 is 23.5 Å². The second-order valence-electron chi connectivity index (χ2n) is 8.42. The summed E-state index contributed by atoms with van der Waals surface area (Å²) in [5.41, 5.74) is 3.38. The number of aliphatic hydroxyl groups is 1. The molecule has 1 saturated heterocycles. The van der Waals surface area contributed by atoms with Crippen LogP contribution in [0.5, 0.6) is 5.75 Å². The SMILES string of the molecule is CCNC(=O)Nc1cccc(C2OC(CSc3ccccc3OC)CC(c3ccc(CO)cc3)O2)c1. The zero-order valence-electron chi connectivity index (χ0n) is 20.5. The number of hydrogen-bond acceptors (Lipinski definition) is 6. The van der Waals surface area contributed by atoms with Gasteiger partial charge in [-0.2, -0.15) is 0 Å². The van der Waals surface area contributed by atoms with Gasteiger partial charge in [-0.1, -0.05) is 48.5 Å². The van der Waals surface area contributed by atoms with Crippen molar-refractivity contribution in [2.75, 3.05) is 24.7 Å². The number of urea groups is 1. The molecule has 0 aliphatic carbocycles. The Bertz CT molecular complexity index is 1140. The average molecular weight is 509 g/mol. The molecular weight excluding hydrogens is 476 g/mol. The van der Waals surface area contributed by atoms with E-state index in [2.05, 4.69) is 10.6 Å². The molecule has 0 saturated carbocycles. The van der Waals surface area contributed by atoms with Crippen molar-refractivity contribution in [1.82, 2.24) is 5.32 Å². The lowest BCUT2D eigenvalue weighted by Crippen LogP contribution is -2.31. The van der Waals surface area contributed by atoms with E-state index in [4.69, 9.17) is 14.2 Å². The van der Waals surface area contributed by atoms with E-state index in [9.17, 15) is 9.90 Å². The summed E-state index contributed by atoms with van der Waals surface area (Å²) in [6.07, 6.45) is -0.171. The molecule has 7 nitrogen and oxygen atoms in total. The molecule has 1 heterocycles. The third kappa shape index (κ3) is 6.79. The summed E-state index contributed by atoms with van der Waals surface area (Å²) in [7, 11) is 1.67. The molecule has 0 bridgehead atoms. The fourth-order valence-corrected chi connectivity index (χ4v) is 5.09. The van der Waals surface area contributed by atoms with Crippen LogP contribution in [-0.2, 0) is 16.1 Å². The molecule has 0 aromatic heterocycles. The van der Waals surface area contributed by atoms with Crippen molar-refractivity contribution in [2.45, 2.75) is 43.3 Å². The van der Waals surface area contributed by atoms with Crippen LogP contribution in [-0.4, -0.2) is 36.6 Å². The first-order valence-electron chi connectivity index (χ1n) is 12.0. The van der Waals surface area contributed by atoms with Crippen LogP contribution in [0.25, 0.3) is 0 Å². The molecule has 0 spiro atoms. The van der Waals surface area contributed by atoms with Gasteiger partial charge in [0, 0.05) is 34.9 Å². The predicted octanol–water partition coefficient (Wildman–Crippen LogP) is 5.67. The topological polar surface area (TPSA) is 89.1 Å². The fourth-order valence-electron chi connectivity index (χ4n) is 4.04. The first kappa shape index (κ1) is 26.0. The Kier molecular flexibility index (Phi) is 9.24. The molecule has 190 valence electrons. The zero-order chi connectivity index (χ0) is 25.3. The van der Waals surface area contributed by atoms with Crippen LogP contribution in [0, 0.1) is 0 Å². The van der Waals surface area contributed by atoms with E-state index >= 15 is 0 Å². The number of hydrogen-bond donors (Lipinski definition) is 3. The van der Waals surface area contributed by atoms with Gasteiger partial charge < -0.3 is 30.0 Å². The highest BCUT2D eigenvalue weighted by atomic mass is 32.2. The van der Waals surface area contributed by atoms with Crippen LogP contribution in [0.15, 0.2) is 77.7 Å². The Morgan fingerprint density at radius 3 is 2.61 bits per heavy atom. The van der Waals surface area contributed by atoms with E-state index in [0.717, 1.165) is 33.1 Å². The zero-order valence-corrected chi connectivity index (χ0v) is 21.3. The smallest absolute Gasteiger partial charge is 0.319 e. The summed E-state index contributed by atoms with van der Waals surface area (Å²) in [5, 5.41) is 15.0. The molecule has 1 aliphatic heterocycles. The maximum Gasteiger partial charge on any atom is 0.319 e. The molecule has 8 heteroatoms. The minimum atomic E-state index is -0.597. The molecule has 1 aliphatic rings. The number of benzene rings is 3. The number of thioether (sulfide) groups is 1. The van der Waals surface area contributed by atoms with Crippen molar-refractivity contribution in [3.8, 4) is 5.75 Å². The summed E-state index contributed by atoms with van der Waals surface area (Å²) >= 11 is 1.69. The number of carbonyl (C=O) groups is 1. The van der Waals surface area contributed by atoms with E-state index in [-0.39, 0.29) is 24.8 Å². The summed E-state index contributed by atoms with van der Waals surface area (Å²) in [6.45, 7) is 2.42. The van der Waals surface area contributed by atoms with E-state index < -0.39 is 6.29 Å². The first-order chi connectivity index (χ1) is 17.6. The number of aliphatic hydroxyl groups excluding tert-OH is 1. The monoisotopic (exact) mass is 508 g/mol. The molecule has 3 aromatic carbocycles. The highest BCUT2D eigenvalue weighted by Crippen LogP contribution is 2.40. The van der Waals surface area contributed by atoms with Gasteiger partial charge in [-0.3, -0.25) is 0 Å². The highest BCUT2D eigenvalue weighted by Gasteiger charge is 2.32. The fraction of sp³-hybridized carbons (Fsp3) is 0.321. The Morgan fingerprint density at radius 1 is 1.06 bits per heavy atom. The second kappa shape index (κ2) is 12.8. The Balaban J connectivity index is 1.54. The molecule has 4 rings (SSSR count). The third-order valence-corrected chi connectivity index (χ3v) is 7.05. The average Bonchev–Trinajstić information content (AvgIpc) is 2.92. The van der Waals surface area contributed by atoms with Crippen molar-refractivity contribution in [3.63, 3.8) is 0 Å². The van der Waals surface area contributed by atoms with Gasteiger partial charge in [0.05, 0.1) is 25.9 Å². The van der Waals surface area contributed by atoms with Gasteiger partial charge in [0.1, 0.15) is 5.75 Å². The lowest BCUT2D eigenvalue weighted by molar-refractivity contribution is -0.245. The van der Waals surface area contributed by atoms with E-state index in [1.807, 2.05) is 79.7 Å². The van der Waals surface area contributed by atoms with Crippen molar-refractivity contribution in [1.29, 1.82) is 0 Å². The van der Waals surface area contributed by atoms with Gasteiger partial charge in [-0.15, -0.1) is 11.8 Å². The van der Waals surface area contributed by atoms with Crippen molar-refractivity contribution in [3.05, 3.63) is 89.5 Å². The predicted molar refractivity (Wildman–Crippen MR) is 141 cm³/mol. The lowest BCUT2D eigenvalue weighted by Gasteiger charge is -2.36. The number of rotatable bonds is 9. The van der Waals surface area contributed by atoms with E-state index in [1.54, 1.807) is 18.9 Å². The summed E-state index contributed by atoms with van der Waals surface area (Å²) < 4.78 is 18.3. The van der Waals surface area contributed by atoms with Crippen LogP contribution < -0.4 is 15.4 Å². The van der Waals surface area contributed by atoms with Crippen LogP contribution in [0.3, 0.4) is 0 Å². The Morgan fingerprint density at radius 2 is 1.86 bits per heavy atom. The summed E-state index contributed by atoms with van der Waals surface area (Å²) in [5.74, 6) is 1.56. The lowest BCUT2D eigenvalue weighted by atomic mass is 10.0. The molecule has 3 unspecified atom stereocenters. The quantitative estimate of drug-likeness (QED) is 0.323. The standard InChI is InChI=1S/C28H32N2O5S/c1-3-29-28(32)30-22-8-6-7-21(15-22)27-34-23(18-36-26-10-5-4-9-24(26)33-2)16-25(35-27)20-13-11-19(17-31)12-14-20/h4-15,23,25,27,31H,3,16-18H2,1-2H3,(H2,29,30,32). The molecule has 3 N–H and O–H groups in total. The maximum atomic E-state index is 12.0. The summed E-state index contributed by atoms with van der Waals surface area (Å²) in [6, 6.07) is 23.0. The molecular formula is C28H32N2O5S. The molecule has 1 fully saturated rings. The van der Waals surface area contributed by atoms with Gasteiger partial charge in [-0.25, -0.2) is 4.79 Å². The number of carbonyl (C=O) groups excluding carboxylic acids is 1. The van der Waals surface area contributed by atoms with Crippen LogP contribution >= 0.6 is 11.8 Å². The number of amides is 2. The first-order valence-corrected chi connectivity index (χ1v) is 13.0. The van der Waals surface area contributed by atoms with Gasteiger partial charge in [0.25, 0.3) is 0 Å². The molecule has 3 atom stereocenters. The normalized spacial score (nSPS) is 19.5.